The lowest BCUT2D eigenvalue weighted by atomic mass is 10.3. The highest BCUT2D eigenvalue weighted by atomic mass is 32.3. The van der Waals surface area contributed by atoms with Gasteiger partial charge in [-0.1, -0.05) is 86.6 Å². The number of rotatable bonds is 14. The molecule has 162 valence electrons. The summed E-state index contributed by atoms with van der Waals surface area (Å²) in [7, 11) is 0. The van der Waals surface area contributed by atoms with Crippen molar-refractivity contribution in [1.29, 1.82) is 5.26 Å². The quantitative estimate of drug-likeness (QED) is 0.199. The van der Waals surface area contributed by atoms with Crippen molar-refractivity contribution in [2.24, 2.45) is 0 Å². The van der Waals surface area contributed by atoms with Crippen LogP contribution in [0.2, 0.25) is 0 Å². The van der Waals surface area contributed by atoms with Crippen LogP contribution >= 0.6 is 94.1 Å². The number of hydrogen-bond acceptors (Lipinski definition) is 9. The summed E-state index contributed by atoms with van der Waals surface area (Å²) >= 11 is 15.7. The number of nitrogens with zero attached hydrogens (tertiary/aromatic N) is 1. The van der Waals surface area contributed by atoms with Crippen LogP contribution in [-0.2, 0) is 0 Å². The molecule has 0 unspecified atom stereocenters. The van der Waals surface area contributed by atoms with Crippen molar-refractivity contribution >= 4 is 94.1 Å². The summed E-state index contributed by atoms with van der Waals surface area (Å²) in [6.07, 6.45) is 10.7. The molecule has 2 aliphatic heterocycles. The van der Waals surface area contributed by atoms with Crippen molar-refractivity contribution in [3.05, 3.63) is 25.4 Å². The Morgan fingerprint density at radius 1 is 0.690 bits per heavy atom. The molecule has 0 spiro atoms. The topological polar surface area (TPSA) is 23.8 Å². The fourth-order valence-electron chi connectivity index (χ4n) is 2.33. The van der Waals surface area contributed by atoms with E-state index in [2.05, 4.69) is 49.7 Å². The summed E-state index contributed by atoms with van der Waals surface area (Å²) < 4.78 is 8.78. The lowest BCUT2D eigenvalue weighted by molar-refractivity contribution is 0.779. The van der Waals surface area contributed by atoms with Gasteiger partial charge in [0.2, 0.25) is 0 Å². The van der Waals surface area contributed by atoms with Crippen LogP contribution in [0.25, 0.3) is 0 Å². The van der Waals surface area contributed by atoms with Gasteiger partial charge in [-0.3, -0.25) is 0 Å². The molecule has 0 radical (unpaired) electrons. The Morgan fingerprint density at radius 3 is 1.59 bits per heavy atom. The minimum atomic E-state index is 0.620. The summed E-state index contributed by atoms with van der Waals surface area (Å²) in [6, 6.07) is 2.26. The van der Waals surface area contributed by atoms with Crippen LogP contribution in [0.5, 0.6) is 0 Å². The van der Waals surface area contributed by atoms with E-state index in [9.17, 15) is 0 Å². The van der Waals surface area contributed by atoms with Gasteiger partial charge in [0.25, 0.3) is 0 Å². The Labute approximate surface area is 211 Å². The molecule has 0 fully saturated rings. The first-order valence-corrected chi connectivity index (χ1v) is 17.4. The Hall–Kier alpha value is 1.51. The molecule has 0 saturated heterocycles. The molecule has 2 aliphatic rings. The molecule has 29 heavy (non-hydrogen) atoms. The highest BCUT2D eigenvalue weighted by Crippen LogP contribution is 2.66. The molecule has 9 heteroatoms. The van der Waals surface area contributed by atoms with E-state index < -0.39 is 0 Å². The normalized spacial score (nSPS) is 17.0. The van der Waals surface area contributed by atoms with Crippen LogP contribution in [-0.4, -0.2) is 23.5 Å². The van der Waals surface area contributed by atoms with Crippen LogP contribution in [0.1, 0.15) is 58.8 Å². The van der Waals surface area contributed by atoms with Gasteiger partial charge in [-0.25, -0.2) is 0 Å². The molecule has 2 heterocycles. The van der Waals surface area contributed by atoms with Crippen molar-refractivity contribution in [2.75, 3.05) is 23.5 Å². The van der Waals surface area contributed by atoms with Gasteiger partial charge >= 0.3 is 0 Å². The third-order valence-corrected chi connectivity index (χ3v) is 15.4. The average Bonchev–Trinajstić information content (AvgIpc) is 3.33. The molecule has 2 rings (SSSR count). The van der Waals surface area contributed by atoms with Crippen LogP contribution in [0, 0.1) is 11.3 Å². The van der Waals surface area contributed by atoms with Gasteiger partial charge in [0.1, 0.15) is 0 Å². The summed E-state index contributed by atoms with van der Waals surface area (Å²) in [5.74, 6) is 3.37. The maximum atomic E-state index is 8.83. The monoisotopic (exact) mass is 539 g/mol. The smallest absolute Gasteiger partial charge is 0.0717 e. The molecule has 0 amide bonds. The lowest BCUT2D eigenvalue weighted by Crippen LogP contribution is -1.82. The van der Waals surface area contributed by atoms with Gasteiger partial charge in [0.15, 0.2) is 0 Å². The fraction of sp³-hybridized carbons (Fsp3) is 0.650. The Morgan fingerprint density at radius 2 is 1.14 bits per heavy atom. The fourth-order valence-corrected chi connectivity index (χ4v) is 13.9. The van der Waals surface area contributed by atoms with Gasteiger partial charge in [-0.15, -0.1) is 47.0 Å². The Kier molecular flexibility index (Phi) is 14.9. The zero-order valence-corrected chi connectivity index (χ0v) is 23.8. The van der Waals surface area contributed by atoms with E-state index in [1.807, 2.05) is 70.6 Å². The van der Waals surface area contributed by atoms with Crippen molar-refractivity contribution in [3.63, 3.8) is 0 Å². The number of thioether (sulfide) groups is 8. The van der Waals surface area contributed by atoms with Crippen molar-refractivity contribution in [3.8, 4) is 6.07 Å². The molecule has 0 bridgehead atoms. The molecule has 0 aromatic rings. The molecule has 0 aliphatic carbocycles. The second-order valence-corrected chi connectivity index (χ2v) is 16.0. The minimum absolute atomic E-state index is 0.620. The molecule has 0 N–H and O–H groups in total. The predicted octanol–water partition coefficient (Wildman–Crippen LogP) is 10.2. The first kappa shape index (κ1) is 26.8. The largest absolute Gasteiger partial charge is 0.198 e. The highest BCUT2D eigenvalue weighted by molar-refractivity contribution is 8.45. The molecule has 0 atom stereocenters. The number of nitriles is 1. The Balaban J connectivity index is 2.00. The van der Waals surface area contributed by atoms with Gasteiger partial charge in [-0.2, -0.15) is 5.26 Å². The second-order valence-electron chi connectivity index (χ2n) is 6.20. The van der Waals surface area contributed by atoms with Gasteiger partial charge in [0.05, 0.1) is 31.5 Å². The van der Waals surface area contributed by atoms with Crippen LogP contribution in [0.3, 0.4) is 0 Å². The average molecular weight is 540 g/mol. The molecule has 0 aromatic carbocycles. The molecular formula is C20H29NS8. The van der Waals surface area contributed by atoms with E-state index in [1.54, 1.807) is 0 Å². The van der Waals surface area contributed by atoms with E-state index in [1.165, 1.54) is 75.5 Å². The van der Waals surface area contributed by atoms with Gasteiger partial charge in [0, 0.05) is 12.2 Å². The molecular weight excluding hydrogens is 511 g/mol. The van der Waals surface area contributed by atoms with Crippen molar-refractivity contribution < 1.29 is 0 Å². The first-order chi connectivity index (χ1) is 14.2. The van der Waals surface area contributed by atoms with Gasteiger partial charge in [-0.05, 0) is 30.6 Å². The number of unbranched alkanes of at least 4 members (excludes halogenated alkanes) is 4. The lowest BCUT2D eigenvalue weighted by Gasteiger charge is -2.04. The summed E-state index contributed by atoms with van der Waals surface area (Å²) in [5.41, 5.74) is 0. The molecule has 0 aromatic heterocycles. The molecule has 0 saturated carbocycles. The van der Waals surface area contributed by atoms with Crippen LogP contribution < -0.4 is 0 Å². The maximum absolute atomic E-state index is 8.83. The SMILES string of the molecule is CCCCCSC1=C(SCCCCC)SC(=C2SC(SC)=C(SCCC#N)S2)S1. The van der Waals surface area contributed by atoms with Crippen molar-refractivity contribution in [1.82, 2.24) is 0 Å². The van der Waals surface area contributed by atoms with Gasteiger partial charge < -0.3 is 0 Å². The maximum Gasteiger partial charge on any atom is 0.0717 e. The minimum Gasteiger partial charge on any atom is -0.198 e. The predicted molar refractivity (Wildman–Crippen MR) is 152 cm³/mol. The van der Waals surface area contributed by atoms with E-state index >= 15 is 0 Å². The summed E-state index contributed by atoms with van der Waals surface area (Å²) in [4.78, 5) is 0. The summed E-state index contributed by atoms with van der Waals surface area (Å²) in [6.45, 7) is 4.55. The third kappa shape index (κ3) is 9.49. The van der Waals surface area contributed by atoms with E-state index in [0.29, 0.717) is 6.42 Å². The second kappa shape index (κ2) is 16.2. The van der Waals surface area contributed by atoms with E-state index in [4.69, 9.17) is 5.26 Å². The molecule has 1 nitrogen and oxygen atoms in total. The summed E-state index contributed by atoms with van der Waals surface area (Å²) in [5, 5.41) is 8.83. The first-order valence-electron chi connectivity index (χ1n) is 9.97. The van der Waals surface area contributed by atoms with Crippen molar-refractivity contribution in [2.45, 2.75) is 58.8 Å². The third-order valence-electron chi connectivity index (χ3n) is 3.84. The number of hydrogen-bond donors (Lipinski definition) is 0. The Bertz CT molecular complexity index is 636. The highest BCUT2D eigenvalue weighted by Gasteiger charge is 2.30. The van der Waals surface area contributed by atoms with Crippen LogP contribution in [0.15, 0.2) is 25.4 Å². The van der Waals surface area contributed by atoms with E-state index in [0.717, 1.165) is 5.75 Å². The van der Waals surface area contributed by atoms with Crippen LogP contribution in [0.4, 0.5) is 0 Å². The zero-order chi connectivity index (χ0) is 20.9. The standard InChI is InChI=1S/C20H29NS8/c1-4-6-8-12-23-17-18(24-13-9-7-5-2)29-20(28-17)19-26-15(22-3)16(27-19)25-14-10-11-21/h4-10,12-14H2,1-3H3. The van der Waals surface area contributed by atoms with E-state index in [-0.39, 0.29) is 0 Å². The zero-order valence-electron chi connectivity index (χ0n) is 17.3.